The lowest BCUT2D eigenvalue weighted by molar-refractivity contribution is -0.0446. The van der Waals surface area contributed by atoms with Gasteiger partial charge in [-0.2, -0.15) is 0 Å². The molecule has 4 saturated carbocycles. The van der Waals surface area contributed by atoms with Gasteiger partial charge in [0, 0.05) is 32.9 Å². The van der Waals surface area contributed by atoms with E-state index in [2.05, 4.69) is 144 Å². The Morgan fingerprint density at radius 3 is 1.92 bits per heavy atom. The first-order valence-electron chi connectivity index (χ1n) is 21.8. The maximum absolute atomic E-state index is 15.0. The molecular formula is C56H43NO3S. The van der Waals surface area contributed by atoms with Gasteiger partial charge in [0.25, 0.3) is 0 Å². The van der Waals surface area contributed by atoms with Crippen molar-refractivity contribution in [1.82, 2.24) is 0 Å². The Morgan fingerprint density at radius 2 is 1.10 bits per heavy atom. The Morgan fingerprint density at radius 1 is 0.492 bits per heavy atom. The van der Waals surface area contributed by atoms with Gasteiger partial charge in [-0.05, 0) is 143 Å². The number of furan rings is 1. The number of para-hydroxylation sites is 1. The van der Waals surface area contributed by atoms with Crippen molar-refractivity contribution in [2.75, 3.05) is 4.90 Å². The van der Waals surface area contributed by atoms with Crippen molar-refractivity contribution < 1.29 is 12.8 Å². The summed E-state index contributed by atoms with van der Waals surface area (Å²) >= 11 is 0. The van der Waals surface area contributed by atoms with E-state index in [4.69, 9.17) is 4.42 Å². The van der Waals surface area contributed by atoms with E-state index in [-0.39, 0.29) is 5.41 Å². The largest absolute Gasteiger partial charge is 0.456 e. The fourth-order valence-corrected chi connectivity index (χ4v) is 14.7. The van der Waals surface area contributed by atoms with Crippen molar-refractivity contribution in [3.8, 4) is 22.3 Å². The summed E-state index contributed by atoms with van der Waals surface area (Å²) in [4.78, 5) is 3.25. The van der Waals surface area contributed by atoms with Crippen LogP contribution in [0.1, 0.15) is 43.2 Å². The molecule has 0 unspecified atom stereocenters. The molecule has 14 rings (SSSR count). The molecule has 0 radical (unpaired) electrons. The van der Waals surface area contributed by atoms with Crippen molar-refractivity contribution in [2.45, 2.75) is 47.3 Å². The molecule has 5 aliphatic rings. The summed E-state index contributed by atoms with van der Waals surface area (Å²) < 4.78 is 36.4. The molecule has 61 heavy (non-hydrogen) atoms. The summed E-state index contributed by atoms with van der Waals surface area (Å²) in [5, 5.41) is 4.45. The summed E-state index contributed by atoms with van der Waals surface area (Å²) in [6.07, 6.45) is 6.10. The van der Waals surface area contributed by atoms with Gasteiger partial charge in [-0.3, -0.25) is 0 Å². The van der Waals surface area contributed by atoms with Crippen LogP contribution >= 0.6 is 0 Å². The van der Waals surface area contributed by atoms with Crippen LogP contribution in [0.25, 0.3) is 55.0 Å². The Bertz CT molecular complexity index is 3330. The molecule has 0 N–H and O–H groups in total. The minimum absolute atomic E-state index is 0.282. The van der Waals surface area contributed by atoms with E-state index in [9.17, 15) is 0 Å². The van der Waals surface area contributed by atoms with Crippen LogP contribution in [0.5, 0.6) is 0 Å². The Kier molecular flexibility index (Phi) is 7.55. The molecule has 1 aromatic heterocycles. The summed E-state index contributed by atoms with van der Waals surface area (Å²) in [6, 6.07) is 61.2. The van der Waals surface area contributed by atoms with Crippen LogP contribution in [-0.2, 0) is 15.3 Å². The zero-order valence-corrected chi connectivity index (χ0v) is 34.5. The number of nitrogens with zero attached hydrogens (tertiary/aromatic N) is 1. The van der Waals surface area contributed by atoms with Crippen molar-refractivity contribution >= 4 is 59.6 Å². The van der Waals surface area contributed by atoms with E-state index >= 15 is 8.42 Å². The second kappa shape index (κ2) is 13.0. The smallest absolute Gasteiger partial charge is 0.207 e. The number of fused-ring (bicyclic) bond motifs is 6. The third kappa shape index (κ3) is 5.01. The van der Waals surface area contributed by atoms with Gasteiger partial charge >= 0.3 is 0 Å². The molecule has 8 aromatic carbocycles. The highest BCUT2D eigenvalue weighted by molar-refractivity contribution is 7.91. The fourth-order valence-electron chi connectivity index (χ4n) is 12.9. The zero-order chi connectivity index (χ0) is 40.5. The van der Waals surface area contributed by atoms with Gasteiger partial charge in [0.15, 0.2) is 0 Å². The number of hydrogen-bond acceptors (Lipinski definition) is 4. The van der Waals surface area contributed by atoms with E-state index in [1.807, 2.05) is 36.4 Å². The van der Waals surface area contributed by atoms with E-state index in [1.165, 1.54) is 32.1 Å². The van der Waals surface area contributed by atoms with Gasteiger partial charge in [-0.25, -0.2) is 8.42 Å². The maximum atomic E-state index is 15.0. The summed E-state index contributed by atoms with van der Waals surface area (Å²) in [6.45, 7) is 0. The van der Waals surface area contributed by atoms with Gasteiger partial charge in [-0.15, -0.1) is 0 Å². The normalized spacial score (nSPS) is 23.1. The van der Waals surface area contributed by atoms with Crippen molar-refractivity contribution in [2.24, 2.45) is 23.7 Å². The average molecular weight is 810 g/mol. The van der Waals surface area contributed by atoms with Crippen LogP contribution in [0.4, 0.5) is 17.1 Å². The van der Waals surface area contributed by atoms with Gasteiger partial charge in [-0.1, -0.05) is 127 Å². The zero-order valence-electron chi connectivity index (χ0n) is 33.7. The summed E-state index contributed by atoms with van der Waals surface area (Å²) in [5.41, 5.74) is 10.8. The third-order valence-electron chi connectivity index (χ3n) is 15.1. The van der Waals surface area contributed by atoms with E-state index < -0.39 is 9.84 Å². The minimum atomic E-state index is -3.81. The van der Waals surface area contributed by atoms with Gasteiger partial charge < -0.3 is 9.32 Å². The average Bonchev–Trinajstić information content (AvgIpc) is 3.69. The summed E-state index contributed by atoms with van der Waals surface area (Å²) in [7, 11) is -3.81. The number of benzene rings is 8. The van der Waals surface area contributed by atoms with Gasteiger partial charge in [0.2, 0.25) is 9.84 Å². The van der Waals surface area contributed by atoms with Crippen molar-refractivity contribution in [3.63, 3.8) is 0 Å². The highest BCUT2D eigenvalue weighted by Gasteiger charge is 2.62. The van der Waals surface area contributed by atoms with E-state index in [1.54, 1.807) is 0 Å². The number of rotatable bonds is 5. The monoisotopic (exact) mass is 809 g/mol. The minimum Gasteiger partial charge on any atom is -0.456 e. The molecule has 0 atom stereocenters. The summed E-state index contributed by atoms with van der Waals surface area (Å²) in [5.74, 6) is 2.43. The first-order valence-corrected chi connectivity index (χ1v) is 23.3. The van der Waals surface area contributed by atoms with Crippen LogP contribution < -0.4 is 4.90 Å². The molecule has 2 heterocycles. The third-order valence-corrected chi connectivity index (χ3v) is 16.9. The molecule has 1 spiro atoms. The van der Waals surface area contributed by atoms with Crippen LogP contribution in [0, 0.1) is 23.7 Å². The molecule has 4 aliphatic carbocycles. The quantitative estimate of drug-likeness (QED) is 0.174. The number of sulfone groups is 1. The predicted molar refractivity (Wildman–Crippen MR) is 246 cm³/mol. The van der Waals surface area contributed by atoms with Crippen LogP contribution in [0.15, 0.2) is 190 Å². The van der Waals surface area contributed by atoms with Crippen molar-refractivity contribution in [1.29, 1.82) is 0 Å². The molecule has 1 aliphatic heterocycles. The van der Waals surface area contributed by atoms with Crippen LogP contribution in [-0.4, -0.2) is 8.42 Å². The molecule has 4 nitrogen and oxygen atoms in total. The second-order valence-electron chi connectivity index (χ2n) is 18.1. The van der Waals surface area contributed by atoms with Gasteiger partial charge in [0.1, 0.15) is 11.2 Å². The number of hydrogen-bond donors (Lipinski definition) is 0. The van der Waals surface area contributed by atoms with Crippen LogP contribution in [0.2, 0.25) is 0 Å². The lowest BCUT2D eigenvalue weighted by Crippen LogP contribution is -2.57. The standard InChI is InChI=1S/C56H43NO3S/c58-61(59)53-22-8-6-18-48(53)56(39-30-35-29-36(32-39)33-40(56)31-35)49-28-27-42(34-54(49)61)57(50-19-9-12-37-11-1-2-14-44(37)50)41-25-23-38(24-26-41)43-13-3-4-15-45(43)46-17-10-21-52-55(46)47-16-5-7-20-51(47)60-52/h1-28,34-36,39-40H,29-33H2. The van der Waals surface area contributed by atoms with Crippen LogP contribution in [0.3, 0.4) is 0 Å². The highest BCUT2D eigenvalue weighted by Crippen LogP contribution is 2.68. The SMILES string of the molecule is O=S1(=O)c2ccccc2C2(c3ccc(N(c4ccc(-c5ccccc5-c5cccc6oc7ccccc7c56)cc4)c4cccc5ccccc45)cc31)C1CC3CC(C1)CC2C3. The maximum Gasteiger partial charge on any atom is 0.207 e. The predicted octanol–water partition coefficient (Wildman–Crippen LogP) is 14.4. The van der Waals surface area contributed by atoms with Gasteiger partial charge in [0.05, 0.1) is 15.5 Å². The Labute approximate surface area is 356 Å². The topological polar surface area (TPSA) is 50.5 Å². The Balaban J connectivity index is 0.981. The molecular weight excluding hydrogens is 767 g/mol. The molecule has 9 aromatic rings. The molecule has 5 heteroatoms. The second-order valence-corrected chi connectivity index (χ2v) is 19.9. The lowest BCUT2D eigenvalue weighted by atomic mass is 9.42. The molecule has 4 bridgehead atoms. The molecule has 296 valence electrons. The fraction of sp³-hybridized carbons (Fsp3) is 0.179. The molecule has 0 saturated heterocycles. The molecule has 4 fully saturated rings. The molecule has 0 amide bonds. The highest BCUT2D eigenvalue weighted by atomic mass is 32.2. The first kappa shape index (κ1) is 35.3. The van der Waals surface area contributed by atoms with E-state index in [0.717, 1.165) is 95.0 Å². The lowest BCUT2D eigenvalue weighted by Gasteiger charge is -2.63. The Hall–Kier alpha value is -6.43. The number of anilines is 3. The van der Waals surface area contributed by atoms with E-state index in [0.29, 0.717) is 21.6 Å². The van der Waals surface area contributed by atoms with Crippen molar-refractivity contribution in [3.05, 3.63) is 187 Å². The first-order chi connectivity index (χ1) is 30.0.